The molecule has 0 radical (unpaired) electrons. The zero-order valence-electron chi connectivity index (χ0n) is 15.0. The van der Waals surface area contributed by atoms with Crippen molar-refractivity contribution in [2.75, 3.05) is 5.32 Å². The highest BCUT2D eigenvalue weighted by Crippen LogP contribution is 2.31. The fourth-order valence-electron chi connectivity index (χ4n) is 3.05. The van der Waals surface area contributed by atoms with E-state index in [2.05, 4.69) is 35.4 Å². The second-order valence-corrected chi connectivity index (χ2v) is 8.47. The number of aromatic nitrogens is 2. The van der Waals surface area contributed by atoms with Gasteiger partial charge < -0.3 is 5.32 Å². The molecule has 0 saturated heterocycles. The first-order valence-corrected chi connectivity index (χ1v) is 10.5. The number of nitrogens with one attached hydrogen (secondary N) is 1. The van der Waals surface area contributed by atoms with Crippen molar-refractivity contribution in [3.63, 3.8) is 0 Å². The average Bonchev–Trinajstić information content (AvgIpc) is 3.34. The van der Waals surface area contributed by atoms with Crippen LogP contribution in [-0.2, 0) is 0 Å². The van der Waals surface area contributed by atoms with E-state index in [0.717, 1.165) is 32.0 Å². The molecule has 5 rings (SSSR count). The molecule has 2 aromatic heterocycles. The van der Waals surface area contributed by atoms with E-state index in [4.69, 9.17) is 4.98 Å². The van der Waals surface area contributed by atoms with Crippen molar-refractivity contribution in [3.05, 3.63) is 77.3 Å². The number of anilines is 1. The number of fused-ring (bicyclic) bond motifs is 2. The molecule has 3 aromatic carbocycles. The number of carbonyl (C=O) groups is 1. The fourth-order valence-corrected chi connectivity index (χ4v) is 4.84. The highest BCUT2D eigenvalue weighted by atomic mass is 32.1. The molecule has 1 amide bonds. The molecule has 4 nitrogen and oxygen atoms in total. The number of thiazole rings is 2. The first kappa shape index (κ1) is 17.0. The molecular weight excluding hydrogens is 386 g/mol. The van der Waals surface area contributed by atoms with Gasteiger partial charge in [-0.15, -0.1) is 22.7 Å². The van der Waals surface area contributed by atoms with Gasteiger partial charge in [0.05, 0.1) is 25.9 Å². The van der Waals surface area contributed by atoms with Crippen molar-refractivity contribution in [1.82, 2.24) is 9.97 Å². The zero-order chi connectivity index (χ0) is 19.1. The Bertz CT molecular complexity index is 1320. The van der Waals surface area contributed by atoms with Crippen LogP contribution in [0.5, 0.6) is 0 Å². The average molecular weight is 402 g/mol. The van der Waals surface area contributed by atoms with Gasteiger partial charge in [0.15, 0.2) is 0 Å². The lowest BCUT2D eigenvalue weighted by atomic mass is 10.1. The topological polar surface area (TPSA) is 54.9 Å². The molecule has 0 atom stereocenters. The molecule has 1 N–H and O–H groups in total. The van der Waals surface area contributed by atoms with Crippen LogP contribution in [0.1, 0.15) is 15.9 Å². The maximum atomic E-state index is 12.5. The Labute approximate surface area is 169 Å². The van der Waals surface area contributed by atoms with Crippen LogP contribution in [-0.4, -0.2) is 15.9 Å². The number of benzene rings is 3. The standard InChI is InChI=1S/C22H15N3OS2/c1-13-2-8-18-20(10-13)28-22(25-18)14-3-6-16(7-4-14)24-21(26)15-5-9-17-19(11-15)27-12-23-17/h2-12H,1H3,(H,24,26). The third kappa shape index (κ3) is 3.17. The van der Waals surface area contributed by atoms with Crippen LogP contribution in [0.2, 0.25) is 0 Å². The van der Waals surface area contributed by atoms with Gasteiger partial charge in [-0.2, -0.15) is 0 Å². The summed E-state index contributed by atoms with van der Waals surface area (Å²) in [6, 6.07) is 19.6. The molecule has 28 heavy (non-hydrogen) atoms. The van der Waals surface area contributed by atoms with Crippen molar-refractivity contribution in [2.45, 2.75) is 6.92 Å². The van der Waals surface area contributed by atoms with Crippen LogP contribution >= 0.6 is 22.7 Å². The molecule has 0 saturated carbocycles. The van der Waals surface area contributed by atoms with E-state index in [1.807, 2.05) is 36.4 Å². The van der Waals surface area contributed by atoms with Gasteiger partial charge in [-0.1, -0.05) is 6.07 Å². The number of amides is 1. The molecule has 2 heterocycles. The molecule has 0 bridgehead atoms. The Hall–Kier alpha value is -3.09. The summed E-state index contributed by atoms with van der Waals surface area (Å²) in [5, 5.41) is 3.94. The molecule has 5 aromatic rings. The van der Waals surface area contributed by atoms with Crippen LogP contribution in [0.15, 0.2) is 66.2 Å². The quantitative estimate of drug-likeness (QED) is 0.395. The summed E-state index contributed by atoms with van der Waals surface area (Å²) < 4.78 is 2.19. The van der Waals surface area contributed by atoms with Crippen molar-refractivity contribution in [3.8, 4) is 10.6 Å². The number of rotatable bonds is 3. The highest BCUT2D eigenvalue weighted by molar-refractivity contribution is 7.21. The number of nitrogens with zero attached hydrogens (tertiary/aromatic N) is 2. The maximum absolute atomic E-state index is 12.5. The summed E-state index contributed by atoms with van der Waals surface area (Å²) in [7, 11) is 0. The number of hydrogen-bond acceptors (Lipinski definition) is 5. The Balaban J connectivity index is 1.37. The third-order valence-electron chi connectivity index (χ3n) is 4.53. The zero-order valence-corrected chi connectivity index (χ0v) is 16.6. The van der Waals surface area contributed by atoms with Crippen LogP contribution in [0.25, 0.3) is 31.0 Å². The lowest BCUT2D eigenvalue weighted by molar-refractivity contribution is 0.102. The summed E-state index contributed by atoms with van der Waals surface area (Å²) in [6.07, 6.45) is 0. The first-order valence-electron chi connectivity index (χ1n) is 8.78. The minimum Gasteiger partial charge on any atom is -0.322 e. The molecular formula is C22H15N3OS2. The molecule has 136 valence electrons. The predicted molar refractivity (Wildman–Crippen MR) is 117 cm³/mol. The third-order valence-corrected chi connectivity index (χ3v) is 6.39. The molecule has 0 aliphatic heterocycles. The summed E-state index contributed by atoms with van der Waals surface area (Å²) >= 11 is 3.21. The second kappa shape index (κ2) is 6.82. The van der Waals surface area contributed by atoms with E-state index in [9.17, 15) is 4.79 Å². The summed E-state index contributed by atoms with van der Waals surface area (Å²) in [4.78, 5) is 21.5. The van der Waals surface area contributed by atoms with Crippen LogP contribution in [0.4, 0.5) is 5.69 Å². The van der Waals surface area contributed by atoms with Crippen molar-refractivity contribution >= 4 is 54.7 Å². The van der Waals surface area contributed by atoms with Gasteiger partial charge in [-0.05, 0) is 67.1 Å². The maximum Gasteiger partial charge on any atom is 0.255 e. The van der Waals surface area contributed by atoms with E-state index in [1.165, 1.54) is 21.6 Å². The summed E-state index contributed by atoms with van der Waals surface area (Å²) in [6.45, 7) is 2.09. The Kier molecular flexibility index (Phi) is 4.15. The van der Waals surface area contributed by atoms with Crippen molar-refractivity contribution < 1.29 is 4.79 Å². The molecule has 0 aliphatic rings. The van der Waals surface area contributed by atoms with E-state index < -0.39 is 0 Å². The van der Waals surface area contributed by atoms with Gasteiger partial charge in [0.25, 0.3) is 5.91 Å². The Morgan fingerprint density at radius 3 is 2.61 bits per heavy atom. The second-order valence-electron chi connectivity index (χ2n) is 6.56. The minimum atomic E-state index is -0.126. The SMILES string of the molecule is Cc1ccc2nc(-c3ccc(NC(=O)c4ccc5ncsc5c4)cc3)sc2c1. The van der Waals surface area contributed by atoms with Gasteiger partial charge >= 0.3 is 0 Å². The largest absolute Gasteiger partial charge is 0.322 e. The monoisotopic (exact) mass is 401 g/mol. The van der Waals surface area contributed by atoms with Gasteiger partial charge in [0.2, 0.25) is 0 Å². The van der Waals surface area contributed by atoms with Crippen molar-refractivity contribution in [2.24, 2.45) is 0 Å². The lowest BCUT2D eigenvalue weighted by Crippen LogP contribution is -2.11. The van der Waals surface area contributed by atoms with Crippen molar-refractivity contribution in [1.29, 1.82) is 0 Å². The first-order chi connectivity index (χ1) is 13.7. The van der Waals surface area contributed by atoms with Gasteiger partial charge in [-0.25, -0.2) is 9.97 Å². The fraction of sp³-hybridized carbons (Fsp3) is 0.0455. The van der Waals surface area contributed by atoms with E-state index in [-0.39, 0.29) is 5.91 Å². The number of hydrogen-bond donors (Lipinski definition) is 1. The number of carbonyl (C=O) groups excluding carboxylic acids is 1. The predicted octanol–water partition coefficient (Wildman–Crippen LogP) is 6.13. The molecule has 0 fully saturated rings. The minimum absolute atomic E-state index is 0.126. The molecule has 0 spiro atoms. The van der Waals surface area contributed by atoms with Crippen LogP contribution in [0.3, 0.4) is 0 Å². The van der Waals surface area contributed by atoms with Crippen LogP contribution in [0, 0.1) is 6.92 Å². The van der Waals surface area contributed by atoms with Gasteiger partial charge in [0.1, 0.15) is 5.01 Å². The summed E-state index contributed by atoms with van der Waals surface area (Å²) in [5.74, 6) is -0.126. The lowest BCUT2D eigenvalue weighted by Gasteiger charge is -2.06. The van der Waals surface area contributed by atoms with E-state index >= 15 is 0 Å². The van der Waals surface area contributed by atoms with E-state index in [0.29, 0.717) is 5.56 Å². The van der Waals surface area contributed by atoms with E-state index in [1.54, 1.807) is 22.9 Å². The smallest absolute Gasteiger partial charge is 0.255 e. The molecule has 6 heteroatoms. The molecule has 0 aliphatic carbocycles. The Morgan fingerprint density at radius 2 is 1.75 bits per heavy atom. The number of aryl methyl sites for hydroxylation is 1. The Morgan fingerprint density at radius 1 is 0.929 bits per heavy atom. The van der Waals surface area contributed by atoms with Crippen LogP contribution < -0.4 is 5.32 Å². The molecule has 0 unspecified atom stereocenters. The van der Waals surface area contributed by atoms with Gasteiger partial charge in [-0.3, -0.25) is 4.79 Å². The normalized spacial score (nSPS) is 11.2. The summed E-state index contributed by atoms with van der Waals surface area (Å²) in [5.41, 5.74) is 7.38. The highest BCUT2D eigenvalue weighted by Gasteiger charge is 2.10. The van der Waals surface area contributed by atoms with Gasteiger partial charge in [0, 0.05) is 16.8 Å².